The van der Waals surface area contributed by atoms with Gasteiger partial charge in [0.05, 0.1) is 20.3 Å². The van der Waals surface area contributed by atoms with Crippen molar-refractivity contribution in [2.24, 2.45) is 0 Å². The number of ether oxygens (including phenoxy) is 2. The Kier molecular flexibility index (Phi) is 6.39. The van der Waals surface area contributed by atoms with E-state index in [9.17, 15) is 9.90 Å². The van der Waals surface area contributed by atoms with Crippen molar-refractivity contribution in [3.8, 4) is 11.5 Å². The predicted molar refractivity (Wildman–Crippen MR) is 108 cm³/mol. The van der Waals surface area contributed by atoms with E-state index in [-0.39, 0.29) is 6.04 Å². The van der Waals surface area contributed by atoms with E-state index in [0.29, 0.717) is 24.5 Å². The average molecular weight is 434 g/mol. The zero-order valence-corrected chi connectivity index (χ0v) is 17.1. The van der Waals surface area contributed by atoms with Crippen LogP contribution >= 0.6 is 15.9 Å². The maximum Gasteiger partial charge on any atom is 0.320 e. The lowest BCUT2D eigenvalue weighted by Gasteiger charge is -2.40. The molecule has 1 saturated heterocycles. The van der Waals surface area contributed by atoms with E-state index in [4.69, 9.17) is 9.47 Å². The number of piperidine rings is 1. The Morgan fingerprint density at radius 2 is 1.93 bits per heavy atom. The molecule has 2 unspecified atom stereocenters. The lowest BCUT2D eigenvalue weighted by molar-refractivity contribution is -0.145. The van der Waals surface area contributed by atoms with E-state index in [1.54, 1.807) is 14.2 Å². The second-order valence-corrected chi connectivity index (χ2v) is 7.47. The first-order valence-electron chi connectivity index (χ1n) is 9.01. The summed E-state index contributed by atoms with van der Waals surface area (Å²) < 4.78 is 12.0. The minimum absolute atomic E-state index is 0.257. The molecule has 1 N–H and O–H groups in total. The van der Waals surface area contributed by atoms with Crippen molar-refractivity contribution >= 4 is 21.9 Å². The van der Waals surface area contributed by atoms with Crippen molar-refractivity contribution in [1.82, 2.24) is 4.90 Å². The van der Waals surface area contributed by atoms with Crippen molar-refractivity contribution in [3.63, 3.8) is 0 Å². The molecule has 6 heteroatoms. The Balaban J connectivity index is 2.20. The highest BCUT2D eigenvalue weighted by Gasteiger charge is 2.37. The van der Waals surface area contributed by atoms with Gasteiger partial charge < -0.3 is 14.6 Å². The van der Waals surface area contributed by atoms with Crippen LogP contribution in [-0.4, -0.2) is 42.8 Å². The van der Waals surface area contributed by atoms with Crippen LogP contribution in [0.1, 0.15) is 36.4 Å². The van der Waals surface area contributed by atoms with E-state index >= 15 is 0 Å². The Labute approximate surface area is 168 Å². The number of carbonyl (C=O) groups is 1. The molecule has 2 aromatic rings. The fourth-order valence-electron chi connectivity index (χ4n) is 3.80. The topological polar surface area (TPSA) is 59.0 Å². The smallest absolute Gasteiger partial charge is 0.320 e. The van der Waals surface area contributed by atoms with E-state index < -0.39 is 12.0 Å². The van der Waals surface area contributed by atoms with Gasteiger partial charge >= 0.3 is 5.97 Å². The third kappa shape index (κ3) is 4.12. The monoisotopic (exact) mass is 433 g/mol. The lowest BCUT2D eigenvalue weighted by atomic mass is 9.91. The number of nitrogens with zero attached hydrogens (tertiary/aromatic N) is 1. The average Bonchev–Trinajstić information content (AvgIpc) is 2.69. The largest absolute Gasteiger partial charge is 0.497 e. The molecule has 2 atom stereocenters. The highest BCUT2D eigenvalue weighted by molar-refractivity contribution is 9.10. The number of hydrogen-bond donors (Lipinski definition) is 1. The van der Waals surface area contributed by atoms with E-state index in [1.807, 2.05) is 42.5 Å². The molecule has 0 radical (unpaired) electrons. The number of aliphatic carboxylic acids is 1. The van der Waals surface area contributed by atoms with Crippen LogP contribution in [0.15, 0.2) is 46.9 Å². The van der Waals surface area contributed by atoms with Crippen LogP contribution in [0.2, 0.25) is 0 Å². The van der Waals surface area contributed by atoms with Gasteiger partial charge in [0.1, 0.15) is 17.5 Å². The number of methoxy groups -OCH3 is 2. The van der Waals surface area contributed by atoms with Gasteiger partial charge in [-0.05, 0) is 49.2 Å². The normalized spacial score (nSPS) is 18.7. The molecule has 0 saturated carbocycles. The van der Waals surface area contributed by atoms with Crippen molar-refractivity contribution in [1.29, 1.82) is 0 Å². The molecule has 0 amide bonds. The fraction of sp³-hybridized carbons (Fsp3) is 0.381. The van der Waals surface area contributed by atoms with E-state index in [0.717, 1.165) is 28.4 Å². The number of carboxylic acid groups (broad SMARTS) is 1. The first-order valence-corrected chi connectivity index (χ1v) is 9.81. The van der Waals surface area contributed by atoms with Gasteiger partial charge in [0, 0.05) is 10.0 Å². The van der Waals surface area contributed by atoms with Crippen LogP contribution in [0, 0.1) is 0 Å². The van der Waals surface area contributed by atoms with Crippen molar-refractivity contribution in [3.05, 3.63) is 58.1 Å². The molecule has 0 aromatic heterocycles. The summed E-state index contributed by atoms with van der Waals surface area (Å²) in [5, 5.41) is 9.84. The number of benzene rings is 2. The fourth-order valence-corrected chi connectivity index (χ4v) is 4.30. The lowest BCUT2D eigenvalue weighted by Crippen LogP contribution is -2.47. The van der Waals surface area contributed by atoms with E-state index in [1.165, 1.54) is 0 Å². The van der Waals surface area contributed by atoms with Gasteiger partial charge in [0.25, 0.3) is 0 Å². The molecule has 2 aromatic carbocycles. The van der Waals surface area contributed by atoms with Crippen LogP contribution in [0.5, 0.6) is 11.5 Å². The molecule has 0 aliphatic carbocycles. The molecule has 5 nitrogen and oxygen atoms in total. The second kappa shape index (κ2) is 8.76. The standard InChI is InChI=1S/C21H24BrNO4/c1-26-14-10-11-19(27-2)16(13-14)20(15-7-3-4-8-17(15)22)23-12-6-5-9-18(23)21(24)25/h3-4,7-8,10-11,13,18,20H,5-6,9,12H2,1-2H3,(H,24,25). The van der Waals surface area contributed by atoms with Crippen molar-refractivity contribution in [2.45, 2.75) is 31.3 Å². The molecule has 1 heterocycles. The van der Waals surface area contributed by atoms with Crippen LogP contribution in [0.25, 0.3) is 0 Å². The summed E-state index contributed by atoms with van der Waals surface area (Å²) in [5.41, 5.74) is 1.91. The Hall–Kier alpha value is -2.05. The highest BCUT2D eigenvalue weighted by Crippen LogP contribution is 2.42. The summed E-state index contributed by atoms with van der Waals surface area (Å²) in [7, 11) is 3.26. The molecular weight excluding hydrogens is 410 g/mol. The quantitative estimate of drug-likeness (QED) is 0.726. The molecule has 144 valence electrons. The van der Waals surface area contributed by atoms with Gasteiger partial charge in [-0.3, -0.25) is 9.69 Å². The Morgan fingerprint density at radius 3 is 2.59 bits per heavy atom. The SMILES string of the molecule is COc1ccc(OC)c(C(c2ccccc2Br)N2CCCCC2C(=O)O)c1. The maximum atomic E-state index is 12.0. The van der Waals surface area contributed by atoms with Gasteiger partial charge in [-0.25, -0.2) is 0 Å². The first kappa shape index (κ1) is 19.7. The summed E-state index contributed by atoms with van der Waals surface area (Å²) in [6.07, 6.45) is 2.53. The molecule has 1 aliphatic heterocycles. The molecule has 27 heavy (non-hydrogen) atoms. The van der Waals surface area contributed by atoms with Crippen LogP contribution < -0.4 is 9.47 Å². The summed E-state index contributed by atoms with van der Waals surface area (Å²) in [5.74, 6) is 0.645. The molecule has 1 aliphatic rings. The minimum atomic E-state index is -0.784. The van der Waals surface area contributed by atoms with Gasteiger partial charge in [0.2, 0.25) is 0 Å². The number of halogens is 1. The molecular formula is C21H24BrNO4. The zero-order chi connectivity index (χ0) is 19.4. The third-order valence-electron chi connectivity index (χ3n) is 5.09. The van der Waals surface area contributed by atoms with Gasteiger partial charge in [-0.15, -0.1) is 0 Å². The minimum Gasteiger partial charge on any atom is -0.497 e. The van der Waals surface area contributed by atoms with Gasteiger partial charge in [-0.1, -0.05) is 40.5 Å². The number of hydrogen-bond acceptors (Lipinski definition) is 4. The van der Waals surface area contributed by atoms with Gasteiger partial charge in [0.15, 0.2) is 0 Å². The number of carboxylic acids is 1. The Morgan fingerprint density at radius 1 is 1.15 bits per heavy atom. The summed E-state index contributed by atoms with van der Waals surface area (Å²) >= 11 is 3.65. The molecule has 1 fully saturated rings. The molecule has 0 spiro atoms. The second-order valence-electron chi connectivity index (χ2n) is 6.62. The maximum absolute atomic E-state index is 12.0. The summed E-state index contributed by atoms with van der Waals surface area (Å²) in [6, 6.07) is 12.8. The van der Waals surface area contributed by atoms with Crippen LogP contribution in [0.3, 0.4) is 0 Å². The molecule has 0 bridgehead atoms. The van der Waals surface area contributed by atoms with Crippen molar-refractivity contribution in [2.75, 3.05) is 20.8 Å². The molecule has 3 rings (SSSR count). The summed E-state index contributed by atoms with van der Waals surface area (Å²) in [4.78, 5) is 14.1. The van der Waals surface area contributed by atoms with Gasteiger partial charge in [-0.2, -0.15) is 0 Å². The third-order valence-corrected chi connectivity index (χ3v) is 5.81. The van der Waals surface area contributed by atoms with E-state index in [2.05, 4.69) is 20.8 Å². The summed E-state index contributed by atoms with van der Waals surface area (Å²) in [6.45, 7) is 0.712. The Bertz CT molecular complexity index is 811. The predicted octanol–water partition coefficient (Wildman–Crippen LogP) is 4.49. The number of likely N-dealkylation sites (tertiary alicyclic amines) is 1. The van der Waals surface area contributed by atoms with Crippen LogP contribution in [-0.2, 0) is 4.79 Å². The highest BCUT2D eigenvalue weighted by atomic mass is 79.9. The number of rotatable bonds is 6. The van der Waals surface area contributed by atoms with Crippen molar-refractivity contribution < 1.29 is 19.4 Å². The first-order chi connectivity index (χ1) is 13.1. The van der Waals surface area contributed by atoms with Crippen LogP contribution in [0.4, 0.5) is 0 Å². The zero-order valence-electron chi connectivity index (χ0n) is 15.5.